The van der Waals surface area contributed by atoms with Crippen LogP contribution in [0.15, 0.2) is 59.6 Å². The molecule has 0 aromatic heterocycles. The summed E-state index contributed by atoms with van der Waals surface area (Å²) in [5.41, 5.74) is 0.626. The average molecular weight is 243 g/mol. The molecule has 4 heteroatoms. The lowest BCUT2D eigenvalue weighted by Crippen LogP contribution is -2.02. The molecule has 90 valence electrons. The topological polar surface area (TPSA) is 38.7 Å². The van der Waals surface area contributed by atoms with E-state index >= 15 is 0 Å². The van der Waals surface area contributed by atoms with Gasteiger partial charge in [-0.3, -0.25) is 0 Å². The van der Waals surface area contributed by atoms with Gasteiger partial charge in [0, 0.05) is 6.21 Å². The van der Waals surface area contributed by atoms with Gasteiger partial charge >= 0.3 is 6.09 Å². The number of hydrogen-bond acceptors (Lipinski definition) is 2. The Morgan fingerprint density at radius 1 is 1.06 bits per heavy atom. The Hall–Kier alpha value is -2.49. The Morgan fingerprint density at radius 3 is 2.39 bits per heavy atom. The fourth-order valence-electron chi connectivity index (χ4n) is 1.29. The number of carbonyl (C=O) groups excluding carboxylic acids is 1. The number of rotatable bonds is 2. The van der Waals surface area contributed by atoms with Crippen LogP contribution < -0.4 is 4.74 Å². The molecule has 2 aromatic carbocycles. The molecule has 0 N–H and O–H groups in total. The van der Waals surface area contributed by atoms with Crippen LogP contribution in [0.4, 0.5) is 9.18 Å². The summed E-state index contributed by atoms with van der Waals surface area (Å²) in [6, 6.07) is 14.3. The van der Waals surface area contributed by atoms with Crippen LogP contribution in [-0.2, 0) is 0 Å². The fraction of sp³-hybridized carbons (Fsp3) is 0. The first-order valence-corrected chi connectivity index (χ1v) is 5.30. The number of carbonyl (C=O) groups is 1. The van der Waals surface area contributed by atoms with Crippen molar-refractivity contribution in [3.8, 4) is 5.75 Å². The van der Waals surface area contributed by atoms with E-state index in [4.69, 9.17) is 4.74 Å². The number of hydrogen-bond donors (Lipinski definition) is 0. The summed E-state index contributed by atoms with van der Waals surface area (Å²) >= 11 is 0. The first kappa shape index (κ1) is 12.0. The Morgan fingerprint density at radius 2 is 1.72 bits per heavy atom. The van der Waals surface area contributed by atoms with Gasteiger partial charge in [-0.1, -0.05) is 30.3 Å². The standard InChI is InChI=1S/C14H10FNO2/c15-12-8-6-11(7-9-12)10-16-14(17)18-13-4-2-1-3-5-13/h1-10H. The third kappa shape index (κ3) is 3.52. The van der Waals surface area contributed by atoms with Gasteiger partial charge in [-0.25, -0.2) is 9.18 Å². The van der Waals surface area contributed by atoms with Crippen LogP contribution in [0.3, 0.4) is 0 Å². The largest absolute Gasteiger partial charge is 0.439 e. The zero-order chi connectivity index (χ0) is 12.8. The second-order valence-electron chi connectivity index (χ2n) is 3.49. The number of ether oxygens (including phenoxy) is 1. The minimum Gasteiger partial charge on any atom is -0.409 e. The average Bonchev–Trinajstić information content (AvgIpc) is 2.39. The molecule has 0 spiro atoms. The van der Waals surface area contributed by atoms with E-state index in [0.717, 1.165) is 0 Å². The Labute approximate surface area is 104 Å². The van der Waals surface area contributed by atoms with Gasteiger partial charge in [-0.15, -0.1) is 0 Å². The van der Waals surface area contributed by atoms with E-state index in [1.165, 1.54) is 30.5 Å². The molecule has 2 rings (SSSR count). The molecule has 0 bridgehead atoms. The summed E-state index contributed by atoms with van der Waals surface area (Å²) in [5, 5.41) is 0. The van der Waals surface area contributed by atoms with Crippen LogP contribution in [0.25, 0.3) is 0 Å². The summed E-state index contributed by atoms with van der Waals surface area (Å²) in [7, 11) is 0. The minimum absolute atomic E-state index is 0.334. The van der Waals surface area contributed by atoms with Crippen molar-refractivity contribution in [1.82, 2.24) is 0 Å². The van der Waals surface area contributed by atoms with Crippen molar-refractivity contribution in [2.45, 2.75) is 0 Å². The van der Waals surface area contributed by atoms with Gasteiger partial charge in [0.1, 0.15) is 11.6 Å². The van der Waals surface area contributed by atoms with E-state index in [9.17, 15) is 9.18 Å². The zero-order valence-electron chi connectivity index (χ0n) is 9.42. The van der Waals surface area contributed by atoms with Gasteiger partial charge in [-0.05, 0) is 29.8 Å². The van der Waals surface area contributed by atoms with E-state index in [1.54, 1.807) is 24.3 Å². The molecule has 0 fully saturated rings. The van der Waals surface area contributed by atoms with Gasteiger partial charge in [-0.2, -0.15) is 4.99 Å². The lowest BCUT2D eigenvalue weighted by Gasteiger charge is -1.98. The molecule has 0 heterocycles. The molecule has 1 amide bonds. The van der Waals surface area contributed by atoms with Crippen molar-refractivity contribution < 1.29 is 13.9 Å². The van der Waals surface area contributed by atoms with Crippen LogP contribution in [0.5, 0.6) is 5.75 Å². The van der Waals surface area contributed by atoms with E-state index in [1.807, 2.05) is 6.07 Å². The third-order valence-corrected chi connectivity index (χ3v) is 2.14. The van der Waals surface area contributed by atoms with Crippen molar-refractivity contribution in [2.75, 3.05) is 0 Å². The number of nitrogens with zero attached hydrogens (tertiary/aromatic N) is 1. The highest BCUT2D eigenvalue weighted by Crippen LogP contribution is 2.09. The lowest BCUT2D eigenvalue weighted by molar-refractivity contribution is 0.211. The summed E-state index contributed by atoms with van der Waals surface area (Å²) in [6.45, 7) is 0. The van der Waals surface area contributed by atoms with Crippen LogP contribution in [-0.4, -0.2) is 12.3 Å². The highest BCUT2D eigenvalue weighted by Gasteiger charge is 2.00. The van der Waals surface area contributed by atoms with Crippen molar-refractivity contribution in [2.24, 2.45) is 4.99 Å². The third-order valence-electron chi connectivity index (χ3n) is 2.14. The quantitative estimate of drug-likeness (QED) is 0.758. The van der Waals surface area contributed by atoms with E-state index in [2.05, 4.69) is 4.99 Å². The second kappa shape index (κ2) is 5.72. The van der Waals surface area contributed by atoms with Gasteiger partial charge in [0.2, 0.25) is 0 Å². The highest BCUT2D eigenvalue weighted by molar-refractivity contribution is 5.89. The van der Waals surface area contributed by atoms with Gasteiger partial charge < -0.3 is 4.74 Å². The highest BCUT2D eigenvalue weighted by atomic mass is 19.1. The molecule has 0 aliphatic carbocycles. The summed E-state index contributed by atoms with van der Waals surface area (Å²) in [4.78, 5) is 15.0. The van der Waals surface area contributed by atoms with Crippen molar-refractivity contribution in [3.05, 3.63) is 66.0 Å². The fourth-order valence-corrected chi connectivity index (χ4v) is 1.29. The van der Waals surface area contributed by atoms with Gasteiger partial charge in [0.15, 0.2) is 0 Å². The first-order chi connectivity index (χ1) is 8.74. The molecular formula is C14H10FNO2. The molecule has 0 aliphatic rings. The first-order valence-electron chi connectivity index (χ1n) is 5.30. The van der Waals surface area contributed by atoms with Crippen LogP contribution in [0.2, 0.25) is 0 Å². The summed E-state index contributed by atoms with van der Waals surface area (Å²) < 4.78 is 17.6. The predicted molar refractivity (Wildman–Crippen MR) is 66.5 cm³/mol. The van der Waals surface area contributed by atoms with E-state index in [0.29, 0.717) is 11.3 Å². The van der Waals surface area contributed by atoms with Gasteiger partial charge in [0.05, 0.1) is 0 Å². The maximum absolute atomic E-state index is 12.6. The molecule has 0 saturated heterocycles. The van der Waals surface area contributed by atoms with Crippen molar-refractivity contribution >= 4 is 12.3 Å². The molecule has 3 nitrogen and oxygen atoms in total. The molecule has 0 aliphatic heterocycles. The molecule has 18 heavy (non-hydrogen) atoms. The second-order valence-corrected chi connectivity index (χ2v) is 3.49. The van der Waals surface area contributed by atoms with Crippen LogP contribution >= 0.6 is 0 Å². The predicted octanol–water partition coefficient (Wildman–Crippen LogP) is 3.44. The van der Waals surface area contributed by atoms with Crippen molar-refractivity contribution in [1.29, 1.82) is 0 Å². The number of benzene rings is 2. The Bertz CT molecular complexity index is 550. The smallest absolute Gasteiger partial charge is 0.409 e. The SMILES string of the molecule is O=C(N=Cc1ccc(F)cc1)Oc1ccccc1. The minimum atomic E-state index is -0.717. The Balaban J connectivity index is 1.97. The Kier molecular flexibility index (Phi) is 3.81. The van der Waals surface area contributed by atoms with Crippen LogP contribution in [0.1, 0.15) is 5.56 Å². The molecule has 2 aromatic rings. The number of aliphatic imine (C=N–C) groups is 1. The van der Waals surface area contributed by atoms with E-state index in [-0.39, 0.29) is 5.82 Å². The molecule has 0 atom stereocenters. The normalized spacial score (nSPS) is 10.5. The number of halogens is 1. The maximum atomic E-state index is 12.6. The van der Waals surface area contributed by atoms with Crippen molar-refractivity contribution in [3.63, 3.8) is 0 Å². The molecule has 0 unspecified atom stereocenters. The monoisotopic (exact) mass is 243 g/mol. The van der Waals surface area contributed by atoms with Gasteiger partial charge in [0.25, 0.3) is 0 Å². The van der Waals surface area contributed by atoms with E-state index < -0.39 is 6.09 Å². The maximum Gasteiger partial charge on any atom is 0.439 e. The lowest BCUT2D eigenvalue weighted by atomic mass is 10.2. The molecule has 0 saturated carbocycles. The summed E-state index contributed by atoms with van der Waals surface area (Å²) in [6.07, 6.45) is 0.607. The molecule has 0 radical (unpaired) electrons. The van der Waals surface area contributed by atoms with Crippen LogP contribution in [0, 0.1) is 5.82 Å². The summed E-state index contributed by atoms with van der Waals surface area (Å²) in [5.74, 6) is 0.0952. The number of para-hydroxylation sites is 1. The zero-order valence-corrected chi connectivity index (χ0v) is 9.42. The number of amides is 1. The molecular weight excluding hydrogens is 233 g/mol.